The lowest BCUT2D eigenvalue weighted by molar-refractivity contribution is 0.0952. The van der Waals surface area contributed by atoms with E-state index in [4.69, 9.17) is 16.3 Å². The maximum atomic E-state index is 12.1. The molecule has 1 aromatic heterocycles. The van der Waals surface area contributed by atoms with Crippen LogP contribution in [0.1, 0.15) is 21.6 Å². The van der Waals surface area contributed by atoms with Gasteiger partial charge in [0.25, 0.3) is 5.91 Å². The summed E-state index contributed by atoms with van der Waals surface area (Å²) in [4.78, 5) is 26.8. The number of carbonyl (C=O) groups is 1. The Morgan fingerprint density at radius 3 is 2.82 bits per heavy atom. The molecule has 0 aliphatic carbocycles. The highest BCUT2D eigenvalue weighted by Gasteiger charge is 2.14. The number of methoxy groups -OCH3 is 1. The largest absolute Gasteiger partial charge is 0.496 e. The van der Waals surface area contributed by atoms with Gasteiger partial charge in [-0.25, -0.2) is 0 Å². The van der Waals surface area contributed by atoms with E-state index in [0.717, 1.165) is 11.3 Å². The molecule has 0 saturated heterocycles. The predicted molar refractivity (Wildman–Crippen MR) is 85.8 cm³/mol. The third-order valence-corrected chi connectivity index (χ3v) is 3.78. The van der Waals surface area contributed by atoms with Gasteiger partial charge in [0, 0.05) is 18.4 Å². The van der Waals surface area contributed by atoms with E-state index in [9.17, 15) is 9.59 Å². The molecule has 0 bridgehead atoms. The molecule has 0 radical (unpaired) electrons. The summed E-state index contributed by atoms with van der Waals surface area (Å²) in [6.45, 7) is 2.07. The molecule has 6 heteroatoms. The lowest BCUT2D eigenvalue weighted by Gasteiger charge is -2.09. The number of aryl methyl sites for hydroxylation is 1. The summed E-state index contributed by atoms with van der Waals surface area (Å²) in [6, 6.07) is 7.58. The molecule has 0 aliphatic heterocycles. The number of amides is 1. The predicted octanol–water partition coefficient (Wildman–Crippen LogP) is 2.32. The molecule has 2 aromatic rings. The van der Waals surface area contributed by atoms with Crippen LogP contribution in [0.25, 0.3) is 0 Å². The summed E-state index contributed by atoms with van der Waals surface area (Å²) in [6.07, 6.45) is 1.98. The van der Waals surface area contributed by atoms with Crippen LogP contribution in [0.2, 0.25) is 5.02 Å². The van der Waals surface area contributed by atoms with E-state index in [2.05, 4.69) is 10.3 Å². The van der Waals surface area contributed by atoms with Gasteiger partial charge in [-0.1, -0.05) is 29.8 Å². The average molecular weight is 321 g/mol. The third kappa shape index (κ3) is 3.49. The van der Waals surface area contributed by atoms with Gasteiger partial charge in [-0.05, 0) is 25.0 Å². The number of pyridine rings is 1. The Hall–Kier alpha value is -2.27. The lowest BCUT2D eigenvalue weighted by Crippen LogP contribution is -2.30. The molecular weight excluding hydrogens is 304 g/mol. The summed E-state index contributed by atoms with van der Waals surface area (Å²) in [7, 11) is 1.60. The van der Waals surface area contributed by atoms with Gasteiger partial charge in [0.2, 0.25) is 5.43 Å². The average Bonchev–Trinajstić information content (AvgIpc) is 2.53. The molecule has 0 fully saturated rings. The smallest absolute Gasteiger partial charge is 0.256 e. The van der Waals surface area contributed by atoms with Crippen molar-refractivity contribution in [3.05, 3.63) is 62.5 Å². The third-order valence-electron chi connectivity index (χ3n) is 3.32. The highest BCUT2D eigenvalue weighted by molar-refractivity contribution is 6.31. The summed E-state index contributed by atoms with van der Waals surface area (Å²) in [5.41, 5.74) is 1.07. The summed E-state index contributed by atoms with van der Waals surface area (Å²) in [5.74, 6) is 0.325. The second-order valence-electron chi connectivity index (χ2n) is 4.79. The molecule has 0 saturated carbocycles. The summed E-state index contributed by atoms with van der Waals surface area (Å²) >= 11 is 5.86. The molecule has 0 aliphatic rings. The van der Waals surface area contributed by atoms with Crippen molar-refractivity contribution >= 4 is 17.5 Å². The van der Waals surface area contributed by atoms with Gasteiger partial charge in [-0.2, -0.15) is 0 Å². The van der Waals surface area contributed by atoms with Crippen molar-refractivity contribution in [2.75, 3.05) is 13.7 Å². The van der Waals surface area contributed by atoms with Gasteiger partial charge in [0.05, 0.1) is 7.11 Å². The first-order chi connectivity index (χ1) is 10.5. The molecule has 0 unspecified atom stereocenters. The number of carbonyl (C=O) groups excluding carboxylic acids is 1. The van der Waals surface area contributed by atoms with Gasteiger partial charge < -0.3 is 15.0 Å². The van der Waals surface area contributed by atoms with Crippen LogP contribution in [0.5, 0.6) is 5.75 Å². The van der Waals surface area contributed by atoms with Crippen molar-refractivity contribution in [2.45, 2.75) is 13.3 Å². The number of nitrogens with one attached hydrogen (secondary N) is 2. The SMILES string of the molecule is COc1ccccc1CCNC(=O)c1c[nH]c(C)c(Cl)c1=O. The zero-order chi connectivity index (χ0) is 16.1. The summed E-state index contributed by atoms with van der Waals surface area (Å²) in [5, 5.41) is 2.75. The molecule has 22 heavy (non-hydrogen) atoms. The number of ether oxygens (including phenoxy) is 1. The molecular formula is C16H17ClN2O3. The molecule has 2 rings (SSSR count). The number of rotatable bonds is 5. The molecule has 116 valence electrons. The normalized spacial score (nSPS) is 10.3. The second-order valence-corrected chi connectivity index (χ2v) is 5.17. The fourth-order valence-electron chi connectivity index (χ4n) is 2.08. The molecule has 2 N–H and O–H groups in total. The van der Waals surface area contributed by atoms with Crippen LogP contribution in [0, 0.1) is 6.92 Å². The molecule has 0 spiro atoms. The van der Waals surface area contributed by atoms with E-state index >= 15 is 0 Å². The van der Waals surface area contributed by atoms with Gasteiger partial charge in [0.1, 0.15) is 16.3 Å². The first-order valence-corrected chi connectivity index (χ1v) is 7.20. The number of halogens is 1. The van der Waals surface area contributed by atoms with Crippen molar-refractivity contribution in [1.82, 2.24) is 10.3 Å². The van der Waals surface area contributed by atoms with Gasteiger partial charge >= 0.3 is 0 Å². The van der Waals surface area contributed by atoms with Crippen molar-refractivity contribution in [3.8, 4) is 5.75 Å². The fraction of sp³-hybridized carbons (Fsp3) is 0.250. The van der Waals surface area contributed by atoms with E-state index in [0.29, 0.717) is 18.7 Å². The van der Waals surface area contributed by atoms with Crippen LogP contribution in [0.4, 0.5) is 0 Å². The van der Waals surface area contributed by atoms with Crippen molar-refractivity contribution in [1.29, 1.82) is 0 Å². The first kappa shape index (κ1) is 16.1. The molecule has 0 atom stereocenters. The maximum Gasteiger partial charge on any atom is 0.256 e. The number of aromatic amines is 1. The van der Waals surface area contributed by atoms with E-state index in [-0.39, 0.29) is 10.6 Å². The van der Waals surface area contributed by atoms with E-state index in [1.807, 2.05) is 24.3 Å². The Morgan fingerprint density at radius 1 is 1.36 bits per heavy atom. The van der Waals surface area contributed by atoms with Crippen molar-refractivity contribution in [2.24, 2.45) is 0 Å². The van der Waals surface area contributed by atoms with E-state index < -0.39 is 11.3 Å². The number of benzene rings is 1. The van der Waals surface area contributed by atoms with Crippen molar-refractivity contribution in [3.63, 3.8) is 0 Å². The topological polar surface area (TPSA) is 71.2 Å². The van der Waals surface area contributed by atoms with Gasteiger partial charge in [0.15, 0.2) is 0 Å². The maximum absolute atomic E-state index is 12.1. The van der Waals surface area contributed by atoms with Crippen LogP contribution in [0.15, 0.2) is 35.3 Å². The van der Waals surface area contributed by atoms with E-state index in [1.165, 1.54) is 6.20 Å². The fourth-order valence-corrected chi connectivity index (χ4v) is 2.24. The monoisotopic (exact) mass is 320 g/mol. The minimum absolute atomic E-state index is 0.00984. The minimum atomic E-state index is -0.465. The Balaban J connectivity index is 2.02. The Bertz CT molecular complexity index is 740. The number of hydrogen-bond donors (Lipinski definition) is 2. The lowest BCUT2D eigenvalue weighted by atomic mass is 10.1. The zero-order valence-electron chi connectivity index (χ0n) is 12.4. The highest BCUT2D eigenvalue weighted by atomic mass is 35.5. The van der Waals surface area contributed by atoms with Crippen LogP contribution in [0.3, 0.4) is 0 Å². The number of hydrogen-bond acceptors (Lipinski definition) is 3. The van der Waals surface area contributed by atoms with Crippen LogP contribution in [-0.2, 0) is 6.42 Å². The first-order valence-electron chi connectivity index (χ1n) is 6.82. The Labute approximate surface area is 133 Å². The number of H-pyrrole nitrogens is 1. The summed E-state index contributed by atoms with van der Waals surface area (Å²) < 4.78 is 5.25. The van der Waals surface area contributed by atoms with Gasteiger partial charge in [-0.3, -0.25) is 9.59 Å². The van der Waals surface area contributed by atoms with Gasteiger partial charge in [-0.15, -0.1) is 0 Å². The number of aromatic nitrogens is 1. The second kappa shape index (κ2) is 7.13. The molecule has 5 nitrogen and oxygen atoms in total. The van der Waals surface area contributed by atoms with Crippen LogP contribution >= 0.6 is 11.6 Å². The Morgan fingerprint density at radius 2 is 2.09 bits per heavy atom. The van der Waals surface area contributed by atoms with Crippen molar-refractivity contribution < 1.29 is 9.53 Å². The molecule has 1 aromatic carbocycles. The van der Waals surface area contributed by atoms with E-state index in [1.54, 1.807) is 14.0 Å². The van der Waals surface area contributed by atoms with Crippen LogP contribution in [-0.4, -0.2) is 24.5 Å². The standard InChI is InChI=1S/C16H17ClN2O3/c1-10-14(17)15(20)12(9-19-10)16(21)18-8-7-11-5-3-4-6-13(11)22-2/h3-6,9H,7-8H2,1-2H3,(H,18,21)(H,19,20). The van der Waals surface area contributed by atoms with Crippen LogP contribution < -0.4 is 15.5 Å². The zero-order valence-corrected chi connectivity index (χ0v) is 13.2. The molecule has 1 heterocycles. The quantitative estimate of drug-likeness (QED) is 0.888. The Kier molecular flexibility index (Phi) is 5.22. The minimum Gasteiger partial charge on any atom is -0.496 e. The molecule has 1 amide bonds. The number of para-hydroxylation sites is 1. The highest BCUT2D eigenvalue weighted by Crippen LogP contribution is 2.17.